The third-order valence-electron chi connectivity index (χ3n) is 3.57. The van der Waals surface area contributed by atoms with Crippen molar-refractivity contribution >= 4 is 11.7 Å². The van der Waals surface area contributed by atoms with Gasteiger partial charge < -0.3 is 15.5 Å². The number of benzene rings is 1. The summed E-state index contributed by atoms with van der Waals surface area (Å²) in [7, 11) is 3.97. The molecule has 0 atom stereocenters. The van der Waals surface area contributed by atoms with Crippen LogP contribution in [0.25, 0.3) is 0 Å². The van der Waals surface area contributed by atoms with Crippen LogP contribution in [0.1, 0.15) is 21.9 Å². The Hall–Kier alpha value is -2.54. The molecule has 0 aliphatic rings. The van der Waals surface area contributed by atoms with Crippen LogP contribution in [0, 0.1) is 12.7 Å². The quantitative estimate of drug-likeness (QED) is 0.764. The van der Waals surface area contributed by atoms with E-state index in [9.17, 15) is 9.18 Å². The number of likely N-dealkylation sites (N-methyl/N-ethyl adjacent to an activating group) is 1. The lowest BCUT2D eigenvalue weighted by molar-refractivity contribution is 0.0948. The molecule has 7 heteroatoms. The van der Waals surface area contributed by atoms with Gasteiger partial charge in [0.1, 0.15) is 23.2 Å². The summed E-state index contributed by atoms with van der Waals surface area (Å²) in [6, 6.07) is 8.17. The number of hydrogen-bond donors (Lipinski definition) is 2. The molecule has 25 heavy (non-hydrogen) atoms. The lowest BCUT2D eigenvalue weighted by Crippen LogP contribution is -2.27. The Labute approximate surface area is 147 Å². The van der Waals surface area contributed by atoms with Gasteiger partial charge in [-0.1, -0.05) is 18.2 Å². The zero-order valence-corrected chi connectivity index (χ0v) is 14.8. The minimum atomic E-state index is -0.294. The molecular formula is C18H24FN5O. The number of hydrogen-bond acceptors (Lipinski definition) is 5. The first-order chi connectivity index (χ1) is 12.0. The highest BCUT2D eigenvalue weighted by atomic mass is 19.1. The first-order valence-corrected chi connectivity index (χ1v) is 8.21. The molecule has 2 rings (SSSR count). The number of aryl methyl sites for hydroxylation is 1. The van der Waals surface area contributed by atoms with Gasteiger partial charge in [-0.15, -0.1) is 0 Å². The molecule has 0 aliphatic heterocycles. The summed E-state index contributed by atoms with van der Waals surface area (Å²) in [5, 5.41) is 5.95. The highest BCUT2D eigenvalue weighted by Crippen LogP contribution is 2.08. The Kier molecular flexibility index (Phi) is 6.82. The molecule has 2 N–H and O–H groups in total. The van der Waals surface area contributed by atoms with Crippen LogP contribution in [0.3, 0.4) is 0 Å². The Morgan fingerprint density at radius 3 is 2.68 bits per heavy atom. The molecular weight excluding hydrogens is 321 g/mol. The largest absolute Gasteiger partial charge is 0.369 e. The van der Waals surface area contributed by atoms with Crippen molar-refractivity contribution in [2.24, 2.45) is 0 Å². The van der Waals surface area contributed by atoms with Crippen molar-refractivity contribution in [1.29, 1.82) is 0 Å². The van der Waals surface area contributed by atoms with Crippen molar-refractivity contribution in [1.82, 2.24) is 20.2 Å². The number of amides is 1. The first-order valence-electron chi connectivity index (χ1n) is 8.21. The number of halogens is 1. The van der Waals surface area contributed by atoms with Crippen molar-refractivity contribution in [2.45, 2.75) is 13.3 Å². The van der Waals surface area contributed by atoms with Gasteiger partial charge in [0, 0.05) is 25.7 Å². The minimum absolute atomic E-state index is 0.262. The van der Waals surface area contributed by atoms with E-state index in [0.29, 0.717) is 35.9 Å². The van der Waals surface area contributed by atoms with Crippen LogP contribution in [0.4, 0.5) is 10.2 Å². The summed E-state index contributed by atoms with van der Waals surface area (Å²) in [6.07, 6.45) is 0.427. The molecule has 1 amide bonds. The lowest BCUT2D eigenvalue weighted by atomic mass is 10.1. The molecule has 6 nitrogen and oxygen atoms in total. The van der Waals surface area contributed by atoms with Crippen LogP contribution >= 0.6 is 0 Å². The monoisotopic (exact) mass is 345 g/mol. The van der Waals surface area contributed by atoms with Crippen molar-refractivity contribution in [3.8, 4) is 0 Å². The molecule has 0 saturated carbocycles. The van der Waals surface area contributed by atoms with Gasteiger partial charge in [-0.25, -0.2) is 14.4 Å². The first kappa shape index (κ1) is 18.8. The van der Waals surface area contributed by atoms with E-state index in [1.54, 1.807) is 31.2 Å². The van der Waals surface area contributed by atoms with Gasteiger partial charge in [0.05, 0.1) is 0 Å². The van der Waals surface area contributed by atoms with Gasteiger partial charge in [-0.3, -0.25) is 4.79 Å². The Balaban J connectivity index is 1.92. The van der Waals surface area contributed by atoms with Crippen LogP contribution in [0.2, 0.25) is 0 Å². The third kappa shape index (κ3) is 6.11. The maximum absolute atomic E-state index is 13.6. The minimum Gasteiger partial charge on any atom is -0.369 e. The zero-order chi connectivity index (χ0) is 18.2. The van der Waals surface area contributed by atoms with E-state index in [4.69, 9.17) is 0 Å². The van der Waals surface area contributed by atoms with E-state index in [-0.39, 0.29) is 11.7 Å². The van der Waals surface area contributed by atoms with E-state index in [0.717, 1.165) is 13.1 Å². The third-order valence-corrected chi connectivity index (χ3v) is 3.57. The normalized spacial score (nSPS) is 10.8. The van der Waals surface area contributed by atoms with Gasteiger partial charge in [0.2, 0.25) is 0 Å². The fraction of sp³-hybridized carbons (Fsp3) is 0.389. The summed E-state index contributed by atoms with van der Waals surface area (Å²) in [4.78, 5) is 22.8. The molecule has 0 aliphatic carbocycles. The van der Waals surface area contributed by atoms with Gasteiger partial charge >= 0.3 is 0 Å². The number of aromatic nitrogens is 2. The Bertz CT molecular complexity index is 720. The van der Waals surface area contributed by atoms with Gasteiger partial charge in [-0.05, 0) is 39.1 Å². The van der Waals surface area contributed by atoms with Gasteiger partial charge in [0.25, 0.3) is 5.91 Å². The second-order valence-electron chi connectivity index (χ2n) is 6.01. The number of carbonyl (C=O) groups excluding carboxylic acids is 1. The summed E-state index contributed by atoms with van der Waals surface area (Å²) < 4.78 is 13.6. The molecule has 0 fully saturated rings. The average Bonchev–Trinajstić information content (AvgIpc) is 2.55. The van der Waals surface area contributed by atoms with Crippen molar-refractivity contribution in [3.05, 3.63) is 53.2 Å². The summed E-state index contributed by atoms with van der Waals surface area (Å²) in [5.41, 5.74) is 0.876. The predicted molar refractivity (Wildman–Crippen MR) is 96.2 cm³/mol. The fourth-order valence-corrected chi connectivity index (χ4v) is 2.28. The summed E-state index contributed by atoms with van der Waals surface area (Å²) in [6.45, 7) is 3.66. The maximum atomic E-state index is 13.6. The highest BCUT2D eigenvalue weighted by Gasteiger charge is 2.10. The van der Waals surface area contributed by atoms with E-state index in [1.807, 2.05) is 14.1 Å². The van der Waals surface area contributed by atoms with E-state index in [2.05, 4.69) is 25.5 Å². The number of rotatable bonds is 8. The predicted octanol–water partition coefficient (Wildman–Crippen LogP) is 1.87. The standard InChI is InChI=1S/C18H24FN5O/c1-13-22-16(12-17(23-13)20-10-11-24(2)3)18(25)21-9-8-14-6-4-5-7-15(14)19/h4-7,12H,8-11H2,1-3H3,(H,21,25)(H,20,22,23). The molecule has 1 heterocycles. The molecule has 1 aromatic carbocycles. The molecule has 2 aromatic rings. The summed E-state index contributed by atoms with van der Waals surface area (Å²) in [5.74, 6) is 0.585. The number of nitrogens with one attached hydrogen (secondary N) is 2. The molecule has 0 unspecified atom stereocenters. The average molecular weight is 345 g/mol. The van der Waals surface area contributed by atoms with E-state index in [1.165, 1.54) is 6.07 Å². The lowest BCUT2D eigenvalue weighted by Gasteiger charge is -2.12. The fourth-order valence-electron chi connectivity index (χ4n) is 2.28. The smallest absolute Gasteiger partial charge is 0.270 e. The maximum Gasteiger partial charge on any atom is 0.270 e. The van der Waals surface area contributed by atoms with Crippen molar-refractivity contribution < 1.29 is 9.18 Å². The SMILES string of the molecule is Cc1nc(NCCN(C)C)cc(C(=O)NCCc2ccccc2F)n1. The Morgan fingerprint density at radius 1 is 1.20 bits per heavy atom. The number of anilines is 1. The van der Waals surface area contributed by atoms with E-state index < -0.39 is 0 Å². The van der Waals surface area contributed by atoms with Crippen LogP contribution in [-0.4, -0.2) is 54.5 Å². The molecule has 134 valence electrons. The molecule has 1 aromatic heterocycles. The summed E-state index contributed by atoms with van der Waals surface area (Å²) >= 11 is 0. The highest BCUT2D eigenvalue weighted by molar-refractivity contribution is 5.92. The number of carbonyl (C=O) groups is 1. The topological polar surface area (TPSA) is 70.2 Å². The van der Waals surface area contributed by atoms with Gasteiger partial charge in [0.15, 0.2) is 0 Å². The van der Waals surface area contributed by atoms with Crippen LogP contribution in [0.15, 0.2) is 30.3 Å². The van der Waals surface area contributed by atoms with E-state index >= 15 is 0 Å². The second-order valence-corrected chi connectivity index (χ2v) is 6.01. The van der Waals surface area contributed by atoms with Crippen molar-refractivity contribution in [3.63, 3.8) is 0 Å². The van der Waals surface area contributed by atoms with Crippen LogP contribution in [-0.2, 0) is 6.42 Å². The number of nitrogens with zero attached hydrogens (tertiary/aromatic N) is 3. The molecule has 0 bridgehead atoms. The van der Waals surface area contributed by atoms with Gasteiger partial charge in [-0.2, -0.15) is 0 Å². The zero-order valence-electron chi connectivity index (χ0n) is 14.8. The molecule has 0 spiro atoms. The van der Waals surface area contributed by atoms with Crippen molar-refractivity contribution in [2.75, 3.05) is 39.0 Å². The molecule has 0 radical (unpaired) electrons. The Morgan fingerprint density at radius 2 is 1.96 bits per heavy atom. The second kappa shape index (κ2) is 9.08. The van der Waals surface area contributed by atoms with Crippen LogP contribution in [0.5, 0.6) is 0 Å². The molecule has 0 saturated heterocycles. The van der Waals surface area contributed by atoms with Crippen LogP contribution < -0.4 is 10.6 Å².